The van der Waals surface area contributed by atoms with E-state index >= 15 is 0 Å². The Morgan fingerprint density at radius 3 is 2.50 bits per heavy atom. The van der Waals surface area contributed by atoms with Crippen LogP contribution in [0.15, 0.2) is 0 Å². The number of carbonyl (C=O) groups is 3. The summed E-state index contributed by atoms with van der Waals surface area (Å²) in [5.74, 6) is 0.262. The van der Waals surface area contributed by atoms with E-state index in [2.05, 4.69) is 10.6 Å². The molecule has 0 aromatic heterocycles. The number of nitrogens with zero attached hydrogens (tertiary/aromatic N) is 1. The third-order valence-corrected chi connectivity index (χ3v) is 3.78. The lowest BCUT2D eigenvalue weighted by molar-refractivity contribution is -0.135. The fourth-order valence-corrected chi connectivity index (χ4v) is 2.53. The molecule has 2 aliphatic rings. The van der Waals surface area contributed by atoms with Gasteiger partial charge in [0.25, 0.3) is 5.91 Å². The SMILES string of the molecule is O=C1NC(=O)C2(CCN(C(=O)CCCCl)CC2)N1. The fraction of sp³-hybridized carbons (Fsp3) is 0.727. The Kier molecular flexibility index (Phi) is 3.75. The number of hydrogen-bond donors (Lipinski definition) is 2. The minimum absolute atomic E-state index is 0.0650. The first kappa shape index (κ1) is 13.1. The van der Waals surface area contributed by atoms with Crippen LogP contribution < -0.4 is 10.6 Å². The molecule has 2 fully saturated rings. The van der Waals surface area contributed by atoms with Crippen molar-refractivity contribution in [3.63, 3.8) is 0 Å². The van der Waals surface area contributed by atoms with Gasteiger partial charge in [0, 0.05) is 25.4 Å². The molecule has 100 valence electrons. The lowest BCUT2D eigenvalue weighted by Gasteiger charge is -2.37. The van der Waals surface area contributed by atoms with E-state index < -0.39 is 11.6 Å². The third-order valence-electron chi connectivity index (χ3n) is 3.51. The second-order valence-electron chi connectivity index (χ2n) is 4.66. The Morgan fingerprint density at radius 2 is 2.00 bits per heavy atom. The zero-order chi connectivity index (χ0) is 13.2. The Labute approximate surface area is 110 Å². The van der Waals surface area contributed by atoms with Gasteiger partial charge in [-0.3, -0.25) is 14.9 Å². The summed E-state index contributed by atoms with van der Waals surface area (Å²) in [4.78, 5) is 36.4. The molecule has 0 aliphatic carbocycles. The Balaban J connectivity index is 1.90. The van der Waals surface area contributed by atoms with Gasteiger partial charge in [-0.25, -0.2) is 4.79 Å². The summed E-state index contributed by atoms with van der Waals surface area (Å²) in [6.45, 7) is 0.990. The van der Waals surface area contributed by atoms with Gasteiger partial charge in [0.1, 0.15) is 5.54 Å². The number of amides is 4. The van der Waals surface area contributed by atoms with Crippen molar-refractivity contribution in [2.75, 3.05) is 19.0 Å². The van der Waals surface area contributed by atoms with Gasteiger partial charge in [0.05, 0.1) is 0 Å². The summed E-state index contributed by atoms with van der Waals surface area (Å²) in [5.41, 5.74) is -0.805. The maximum absolute atomic E-state index is 11.8. The molecule has 4 amide bonds. The molecule has 0 aromatic rings. The lowest BCUT2D eigenvalue weighted by atomic mass is 9.87. The molecule has 2 heterocycles. The van der Waals surface area contributed by atoms with E-state index in [-0.39, 0.29) is 11.8 Å². The molecule has 2 N–H and O–H groups in total. The molecule has 0 atom stereocenters. The molecule has 7 heteroatoms. The van der Waals surface area contributed by atoms with Gasteiger partial charge >= 0.3 is 6.03 Å². The molecule has 0 bridgehead atoms. The summed E-state index contributed by atoms with van der Waals surface area (Å²) >= 11 is 5.55. The molecule has 0 radical (unpaired) electrons. The van der Waals surface area contributed by atoms with Crippen LogP contribution in [0.25, 0.3) is 0 Å². The number of alkyl halides is 1. The molecule has 0 aromatic carbocycles. The van der Waals surface area contributed by atoms with E-state index in [0.29, 0.717) is 44.7 Å². The zero-order valence-electron chi connectivity index (χ0n) is 10.00. The maximum atomic E-state index is 11.8. The molecule has 18 heavy (non-hydrogen) atoms. The van der Waals surface area contributed by atoms with Crippen molar-refractivity contribution in [3.8, 4) is 0 Å². The topological polar surface area (TPSA) is 78.5 Å². The number of piperidine rings is 1. The lowest BCUT2D eigenvalue weighted by Crippen LogP contribution is -2.55. The number of rotatable bonds is 3. The monoisotopic (exact) mass is 273 g/mol. The third kappa shape index (κ3) is 2.43. The van der Waals surface area contributed by atoms with Crippen LogP contribution in [0.3, 0.4) is 0 Å². The molecule has 0 saturated carbocycles. The van der Waals surface area contributed by atoms with E-state index in [1.807, 2.05) is 0 Å². The number of nitrogens with one attached hydrogen (secondary N) is 2. The Hall–Kier alpha value is -1.30. The fourth-order valence-electron chi connectivity index (χ4n) is 2.39. The summed E-state index contributed by atoms with van der Waals surface area (Å²) in [6, 6.07) is -0.443. The van der Waals surface area contributed by atoms with Crippen molar-refractivity contribution in [3.05, 3.63) is 0 Å². The van der Waals surface area contributed by atoms with Crippen LogP contribution in [-0.4, -0.2) is 47.3 Å². The van der Waals surface area contributed by atoms with E-state index in [1.54, 1.807) is 4.90 Å². The van der Waals surface area contributed by atoms with Gasteiger partial charge < -0.3 is 10.2 Å². The average Bonchev–Trinajstić information content (AvgIpc) is 2.62. The Morgan fingerprint density at radius 1 is 1.33 bits per heavy atom. The van der Waals surface area contributed by atoms with Gasteiger partial charge in [0.2, 0.25) is 5.91 Å². The van der Waals surface area contributed by atoms with Crippen LogP contribution in [-0.2, 0) is 9.59 Å². The van der Waals surface area contributed by atoms with E-state index in [0.717, 1.165) is 0 Å². The minimum Gasteiger partial charge on any atom is -0.342 e. The second-order valence-corrected chi connectivity index (χ2v) is 5.04. The first-order valence-electron chi connectivity index (χ1n) is 6.05. The van der Waals surface area contributed by atoms with Crippen molar-refractivity contribution in [1.29, 1.82) is 0 Å². The molecule has 1 spiro atoms. The van der Waals surface area contributed by atoms with E-state index in [9.17, 15) is 14.4 Å². The summed E-state index contributed by atoms with van der Waals surface area (Å²) < 4.78 is 0. The number of likely N-dealkylation sites (tertiary alicyclic amines) is 1. The number of hydrogen-bond acceptors (Lipinski definition) is 3. The largest absolute Gasteiger partial charge is 0.342 e. The number of halogens is 1. The molecule has 6 nitrogen and oxygen atoms in total. The van der Waals surface area contributed by atoms with Crippen molar-refractivity contribution in [1.82, 2.24) is 15.5 Å². The predicted molar refractivity (Wildman–Crippen MR) is 65.2 cm³/mol. The Bertz CT molecular complexity index is 378. The smallest absolute Gasteiger partial charge is 0.322 e. The van der Waals surface area contributed by atoms with Crippen LogP contribution in [0.5, 0.6) is 0 Å². The average molecular weight is 274 g/mol. The van der Waals surface area contributed by atoms with Crippen molar-refractivity contribution >= 4 is 29.4 Å². The summed E-state index contributed by atoms with van der Waals surface area (Å²) in [6.07, 6.45) is 2.04. The molecule has 2 saturated heterocycles. The van der Waals surface area contributed by atoms with Crippen LogP contribution >= 0.6 is 11.6 Å². The number of carbonyl (C=O) groups excluding carboxylic acids is 3. The zero-order valence-corrected chi connectivity index (χ0v) is 10.8. The van der Waals surface area contributed by atoms with Gasteiger partial charge in [-0.15, -0.1) is 11.6 Å². The van der Waals surface area contributed by atoms with Crippen molar-refractivity contribution in [2.24, 2.45) is 0 Å². The quantitative estimate of drug-likeness (QED) is 0.570. The first-order valence-corrected chi connectivity index (χ1v) is 6.58. The highest BCUT2D eigenvalue weighted by Gasteiger charge is 2.48. The number of imide groups is 1. The van der Waals surface area contributed by atoms with E-state index in [4.69, 9.17) is 11.6 Å². The van der Waals surface area contributed by atoms with Crippen LogP contribution in [0.2, 0.25) is 0 Å². The first-order chi connectivity index (χ1) is 8.57. The summed E-state index contributed by atoms with van der Waals surface area (Å²) in [5, 5.41) is 4.91. The van der Waals surface area contributed by atoms with Gasteiger partial charge in [-0.2, -0.15) is 0 Å². The molecule has 2 aliphatic heterocycles. The van der Waals surface area contributed by atoms with Gasteiger partial charge in [-0.1, -0.05) is 0 Å². The highest BCUT2D eigenvalue weighted by Crippen LogP contribution is 2.25. The molecular formula is C11H16ClN3O3. The van der Waals surface area contributed by atoms with Crippen LogP contribution in [0.4, 0.5) is 4.79 Å². The second kappa shape index (κ2) is 5.14. The number of urea groups is 1. The maximum Gasteiger partial charge on any atom is 0.322 e. The van der Waals surface area contributed by atoms with Crippen molar-refractivity contribution in [2.45, 2.75) is 31.2 Å². The molecule has 0 unspecified atom stereocenters. The van der Waals surface area contributed by atoms with Gasteiger partial charge in [-0.05, 0) is 19.3 Å². The van der Waals surface area contributed by atoms with Crippen molar-refractivity contribution < 1.29 is 14.4 Å². The van der Waals surface area contributed by atoms with Crippen LogP contribution in [0, 0.1) is 0 Å². The van der Waals surface area contributed by atoms with Crippen LogP contribution in [0.1, 0.15) is 25.7 Å². The highest BCUT2D eigenvalue weighted by molar-refractivity contribution is 6.17. The standard InChI is InChI=1S/C11H16ClN3O3/c12-5-1-2-8(16)15-6-3-11(4-7-15)9(17)13-10(18)14-11/h1-7H2,(H2,13,14,17,18). The predicted octanol–water partition coefficient (Wildman–Crippen LogP) is 0.206. The molecular weight excluding hydrogens is 258 g/mol. The minimum atomic E-state index is -0.805. The molecule has 2 rings (SSSR count). The highest BCUT2D eigenvalue weighted by atomic mass is 35.5. The normalized spacial score (nSPS) is 21.9. The summed E-state index contributed by atoms with van der Waals surface area (Å²) in [7, 11) is 0. The van der Waals surface area contributed by atoms with Gasteiger partial charge in [0.15, 0.2) is 0 Å². The van der Waals surface area contributed by atoms with E-state index in [1.165, 1.54) is 0 Å².